The number of para-hydroxylation sites is 1. The van der Waals surface area contributed by atoms with Crippen molar-refractivity contribution in [2.24, 2.45) is 11.7 Å². The van der Waals surface area contributed by atoms with Crippen LogP contribution in [0, 0.1) is 17.6 Å². The van der Waals surface area contributed by atoms with Crippen molar-refractivity contribution in [2.75, 3.05) is 23.8 Å². The van der Waals surface area contributed by atoms with Crippen LogP contribution < -0.4 is 16.4 Å². The Hall–Kier alpha value is -3.41. The molecule has 35 heavy (non-hydrogen) atoms. The Kier molecular flexibility index (Phi) is 6.46. The highest BCUT2D eigenvalue weighted by atomic mass is 19.1. The van der Waals surface area contributed by atoms with Gasteiger partial charge in [0.1, 0.15) is 29.0 Å². The SMILES string of the molecule is NC(=O)[C@H]1CC[C@H](n2c(Nc3c(F)cccc3F)nc3cnc(N[C@@H]4CCOC[C@@H]4F)nc32)CC1. The first-order valence-electron chi connectivity index (χ1n) is 11.6. The van der Waals surface area contributed by atoms with Crippen LogP contribution in [0.4, 0.5) is 30.8 Å². The maximum atomic E-state index is 14.4. The lowest BCUT2D eigenvalue weighted by atomic mass is 9.85. The molecule has 5 rings (SSSR count). The fraction of sp³-hybridized carbons (Fsp3) is 0.478. The molecule has 1 saturated carbocycles. The van der Waals surface area contributed by atoms with Crippen molar-refractivity contribution in [3.05, 3.63) is 36.0 Å². The van der Waals surface area contributed by atoms with Gasteiger partial charge in [0.2, 0.25) is 17.8 Å². The van der Waals surface area contributed by atoms with Gasteiger partial charge in [-0.3, -0.25) is 9.36 Å². The van der Waals surface area contributed by atoms with E-state index >= 15 is 0 Å². The van der Waals surface area contributed by atoms with Gasteiger partial charge in [-0.25, -0.2) is 23.1 Å². The number of primary amides is 1. The number of anilines is 3. The van der Waals surface area contributed by atoms with E-state index in [2.05, 4.69) is 25.6 Å². The predicted molar refractivity (Wildman–Crippen MR) is 123 cm³/mol. The molecular weight excluding hydrogens is 463 g/mol. The molecule has 0 bridgehead atoms. The highest BCUT2D eigenvalue weighted by molar-refractivity contribution is 5.78. The second-order valence-corrected chi connectivity index (χ2v) is 8.97. The zero-order valence-corrected chi connectivity index (χ0v) is 18.9. The lowest BCUT2D eigenvalue weighted by Crippen LogP contribution is -2.39. The number of hydrogen-bond acceptors (Lipinski definition) is 7. The Morgan fingerprint density at radius 3 is 2.54 bits per heavy atom. The first-order valence-corrected chi connectivity index (χ1v) is 11.6. The topological polar surface area (TPSA) is 120 Å². The number of alkyl halides is 1. The number of imidazole rings is 1. The Morgan fingerprint density at radius 1 is 1.11 bits per heavy atom. The lowest BCUT2D eigenvalue weighted by Gasteiger charge is -2.29. The van der Waals surface area contributed by atoms with Crippen molar-refractivity contribution in [3.63, 3.8) is 0 Å². The van der Waals surface area contributed by atoms with E-state index in [-0.39, 0.29) is 42.1 Å². The number of carbonyl (C=O) groups excluding carboxylic acids is 1. The van der Waals surface area contributed by atoms with E-state index in [1.165, 1.54) is 12.3 Å². The molecular formula is C23H26F3N7O2. The molecule has 0 spiro atoms. The van der Waals surface area contributed by atoms with Crippen LogP contribution >= 0.6 is 0 Å². The summed E-state index contributed by atoms with van der Waals surface area (Å²) in [6.45, 7) is 0.437. The van der Waals surface area contributed by atoms with E-state index in [0.717, 1.165) is 12.1 Å². The summed E-state index contributed by atoms with van der Waals surface area (Å²) >= 11 is 0. The molecule has 1 aliphatic carbocycles. The number of benzene rings is 1. The van der Waals surface area contributed by atoms with Gasteiger partial charge in [0.15, 0.2) is 5.65 Å². The van der Waals surface area contributed by atoms with E-state index in [4.69, 9.17) is 10.5 Å². The molecule has 1 amide bonds. The van der Waals surface area contributed by atoms with Crippen molar-refractivity contribution >= 4 is 34.7 Å². The van der Waals surface area contributed by atoms with Crippen molar-refractivity contribution in [1.82, 2.24) is 19.5 Å². The monoisotopic (exact) mass is 489 g/mol. The van der Waals surface area contributed by atoms with Crippen LogP contribution in [0.2, 0.25) is 0 Å². The van der Waals surface area contributed by atoms with Crippen LogP contribution in [0.25, 0.3) is 11.2 Å². The van der Waals surface area contributed by atoms with E-state index in [1.807, 2.05) is 0 Å². The number of rotatable bonds is 6. The fourth-order valence-electron chi connectivity index (χ4n) is 4.77. The average Bonchev–Trinajstić information content (AvgIpc) is 3.20. The molecule has 3 aromatic rings. The highest BCUT2D eigenvalue weighted by Crippen LogP contribution is 2.37. The number of nitrogens with one attached hydrogen (secondary N) is 2. The standard InChI is InChI=1S/C23H26F3N7O2/c24-14-2-1-3-15(25)19(14)31-23-30-18-10-28-22(29-17-8-9-35-11-16(17)26)32-21(18)33(23)13-6-4-12(5-7-13)20(27)34/h1-3,10,12-13,16-17H,4-9,11H2,(H2,27,34)(H,30,31)(H,28,29,32)/t12-,13-,16-,17+/m0/s1. The van der Waals surface area contributed by atoms with Crippen LogP contribution in [0.1, 0.15) is 38.1 Å². The van der Waals surface area contributed by atoms with Crippen LogP contribution in [0.15, 0.2) is 24.4 Å². The summed E-state index contributed by atoms with van der Waals surface area (Å²) in [6, 6.07) is 2.95. The Morgan fingerprint density at radius 2 is 1.86 bits per heavy atom. The van der Waals surface area contributed by atoms with Gasteiger partial charge in [0, 0.05) is 18.6 Å². The van der Waals surface area contributed by atoms with Gasteiger partial charge >= 0.3 is 0 Å². The van der Waals surface area contributed by atoms with Gasteiger partial charge in [0.25, 0.3) is 0 Å². The molecule has 0 radical (unpaired) electrons. The number of aromatic nitrogens is 4. The van der Waals surface area contributed by atoms with Gasteiger partial charge in [-0.05, 0) is 44.2 Å². The summed E-state index contributed by atoms with van der Waals surface area (Å²) in [7, 11) is 0. The smallest absolute Gasteiger partial charge is 0.225 e. The van der Waals surface area contributed by atoms with E-state index in [0.29, 0.717) is 49.9 Å². The number of nitrogens with two attached hydrogens (primary N) is 1. The first kappa shape index (κ1) is 23.3. The minimum Gasteiger partial charge on any atom is -0.378 e. The van der Waals surface area contributed by atoms with Gasteiger partial charge in [0.05, 0.1) is 18.8 Å². The van der Waals surface area contributed by atoms with Gasteiger partial charge in [-0.1, -0.05) is 6.07 Å². The normalized spacial score (nSPS) is 24.9. The summed E-state index contributed by atoms with van der Waals surface area (Å²) in [5.41, 5.74) is 6.00. The molecule has 0 unspecified atom stereocenters. The van der Waals surface area contributed by atoms with Crippen LogP contribution in [0.5, 0.6) is 0 Å². The summed E-state index contributed by atoms with van der Waals surface area (Å²) in [5, 5.41) is 5.82. The third kappa shape index (κ3) is 4.75. The Labute approximate surface area is 199 Å². The molecule has 1 saturated heterocycles. The Bertz CT molecular complexity index is 1210. The van der Waals surface area contributed by atoms with Crippen LogP contribution in [-0.2, 0) is 9.53 Å². The minimum atomic E-state index is -1.20. The zero-order valence-electron chi connectivity index (χ0n) is 18.9. The molecule has 3 heterocycles. The molecule has 1 aliphatic heterocycles. The molecule has 2 aliphatic rings. The summed E-state index contributed by atoms with van der Waals surface area (Å²) in [6.07, 6.45) is 3.13. The molecule has 4 N–H and O–H groups in total. The molecule has 186 valence electrons. The Balaban J connectivity index is 1.52. The number of hydrogen-bond donors (Lipinski definition) is 3. The minimum absolute atomic E-state index is 0.00319. The van der Waals surface area contributed by atoms with Crippen molar-refractivity contribution < 1.29 is 22.7 Å². The molecule has 1 aromatic carbocycles. The molecule has 12 heteroatoms. The molecule has 2 aromatic heterocycles. The largest absolute Gasteiger partial charge is 0.378 e. The number of ether oxygens (including phenoxy) is 1. The van der Waals surface area contributed by atoms with Crippen LogP contribution in [0.3, 0.4) is 0 Å². The number of carbonyl (C=O) groups is 1. The van der Waals surface area contributed by atoms with E-state index < -0.39 is 23.8 Å². The van der Waals surface area contributed by atoms with E-state index in [9.17, 15) is 18.0 Å². The fourth-order valence-corrected chi connectivity index (χ4v) is 4.77. The van der Waals surface area contributed by atoms with Gasteiger partial charge in [-0.2, -0.15) is 4.98 Å². The quantitative estimate of drug-likeness (QED) is 0.484. The number of nitrogens with zero attached hydrogens (tertiary/aromatic N) is 4. The third-order valence-electron chi connectivity index (χ3n) is 6.70. The maximum Gasteiger partial charge on any atom is 0.225 e. The number of fused-ring (bicyclic) bond motifs is 1. The number of amides is 1. The average molecular weight is 490 g/mol. The summed E-state index contributed by atoms with van der Waals surface area (Å²) in [4.78, 5) is 25.0. The predicted octanol–water partition coefficient (Wildman–Crippen LogP) is 3.60. The zero-order chi connectivity index (χ0) is 24.5. The van der Waals surface area contributed by atoms with Gasteiger partial charge in [-0.15, -0.1) is 0 Å². The molecule has 9 nitrogen and oxygen atoms in total. The van der Waals surface area contributed by atoms with Crippen molar-refractivity contribution in [3.8, 4) is 0 Å². The number of halogens is 3. The van der Waals surface area contributed by atoms with Crippen molar-refractivity contribution in [2.45, 2.75) is 50.4 Å². The highest BCUT2D eigenvalue weighted by Gasteiger charge is 2.30. The van der Waals surface area contributed by atoms with E-state index in [1.54, 1.807) is 4.57 Å². The van der Waals surface area contributed by atoms with Crippen molar-refractivity contribution in [1.29, 1.82) is 0 Å². The second-order valence-electron chi connectivity index (χ2n) is 8.97. The first-order chi connectivity index (χ1) is 16.9. The molecule has 2 fully saturated rings. The second kappa shape index (κ2) is 9.68. The van der Waals surface area contributed by atoms with Crippen LogP contribution in [-0.4, -0.2) is 50.9 Å². The van der Waals surface area contributed by atoms with Gasteiger partial charge < -0.3 is 21.1 Å². The molecule has 2 atom stereocenters. The maximum absolute atomic E-state index is 14.4. The lowest BCUT2D eigenvalue weighted by molar-refractivity contribution is -0.122. The third-order valence-corrected chi connectivity index (χ3v) is 6.70. The summed E-state index contributed by atoms with van der Waals surface area (Å²) in [5.74, 6) is -1.65. The summed E-state index contributed by atoms with van der Waals surface area (Å²) < 4.78 is 50.0.